The van der Waals surface area contributed by atoms with Crippen molar-refractivity contribution in [2.75, 3.05) is 7.11 Å². The Morgan fingerprint density at radius 2 is 2.25 bits per heavy atom. The van der Waals surface area contributed by atoms with E-state index in [1.165, 1.54) is 32.1 Å². The minimum absolute atomic E-state index is 0.0602. The van der Waals surface area contributed by atoms with Crippen LogP contribution in [0.25, 0.3) is 4.96 Å². The van der Waals surface area contributed by atoms with E-state index in [0.29, 0.717) is 12.3 Å². The molecule has 2 unspecified atom stereocenters. The normalized spacial score (nSPS) is 20.3. The lowest BCUT2D eigenvalue weighted by Gasteiger charge is -2.32. The van der Waals surface area contributed by atoms with Crippen molar-refractivity contribution in [2.45, 2.75) is 50.7 Å². The molecule has 0 aromatic carbocycles. The summed E-state index contributed by atoms with van der Waals surface area (Å²) >= 11 is 1.62. The summed E-state index contributed by atoms with van der Waals surface area (Å²) in [5.41, 5.74) is 0.946. The van der Waals surface area contributed by atoms with E-state index in [0.717, 1.165) is 10.7 Å². The molecule has 0 amide bonds. The first-order valence-electron chi connectivity index (χ1n) is 7.40. The number of nitrogens with zero attached hydrogens (tertiary/aromatic N) is 2. The second-order valence-corrected chi connectivity index (χ2v) is 6.57. The van der Waals surface area contributed by atoms with E-state index in [-0.39, 0.29) is 6.10 Å². The number of ether oxygens (including phenoxy) is 1. The molecular formula is C15H22N2O2S. The molecule has 1 aliphatic carbocycles. The second kappa shape index (κ2) is 6.24. The molecule has 1 aliphatic rings. The lowest BCUT2D eigenvalue weighted by molar-refractivity contribution is -0.0538. The van der Waals surface area contributed by atoms with Gasteiger partial charge in [-0.05, 0) is 18.8 Å². The lowest BCUT2D eigenvalue weighted by Crippen LogP contribution is -2.37. The van der Waals surface area contributed by atoms with Gasteiger partial charge in [0.2, 0.25) is 0 Å². The third kappa shape index (κ3) is 2.90. The van der Waals surface area contributed by atoms with Gasteiger partial charge in [-0.1, -0.05) is 19.3 Å². The number of aliphatic hydroxyl groups excluding tert-OH is 1. The summed E-state index contributed by atoms with van der Waals surface area (Å²) in [6.07, 6.45) is 10.2. The zero-order valence-corrected chi connectivity index (χ0v) is 12.7. The topological polar surface area (TPSA) is 46.8 Å². The van der Waals surface area contributed by atoms with E-state index < -0.39 is 6.10 Å². The maximum atomic E-state index is 10.5. The van der Waals surface area contributed by atoms with Crippen molar-refractivity contribution in [2.24, 2.45) is 5.92 Å². The van der Waals surface area contributed by atoms with Crippen molar-refractivity contribution in [1.82, 2.24) is 9.38 Å². The van der Waals surface area contributed by atoms with Gasteiger partial charge in [0.1, 0.15) is 0 Å². The van der Waals surface area contributed by atoms with Crippen molar-refractivity contribution in [3.63, 3.8) is 0 Å². The van der Waals surface area contributed by atoms with Crippen LogP contribution >= 0.6 is 11.3 Å². The van der Waals surface area contributed by atoms with Crippen LogP contribution in [0, 0.1) is 5.92 Å². The third-order valence-electron chi connectivity index (χ3n) is 4.33. The Labute approximate surface area is 123 Å². The number of rotatable bonds is 5. The van der Waals surface area contributed by atoms with Gasteiger partial charge in [0, 0.05) is 31.3 Å². The highest BCUT2D eigenvalue weighted by Crippen LogP contribution is 2.30. The van der Waals surface area contributed by atoms with E-state index in [4.69, 9.17) is 4.74 Å². The first-order valence-corrected chi connectivity index (χ1v) is 8.28. The Hall–Kier alpha value is -0.910. The molecule has 2 heterocycles. The van der Waals surface area contributed by atoms with E-state index in [1.54, 1.807) is 18.4 Å². The van der Waals surface area contributed by atoms with Gasteiger partial charge in [-0.3, -0.25) is 4.40 Å². The molecule has 1 saturated carbocycles. The summed E-state index contributed by atoms with van der Waals surface area (Å²) in [4.78, 5) is 5.53. The maximum absolute atomic E-state index is 10.5. The number of hydrogen-bond acceptors (Lipinski definition) is 4. The van der Waals surface area contributed by atoms with Crippen LogP contribution in [0.1, 0.15) is 37.8 Å². The van der Waals surface area contributed by atoms with Crippen LogP contribution < -0.4 is 0 Å². The molecule has 1 fully saturated rings. The predicted molar refractivity (Wildman–Crippen MR) is 80.2 cm³/mol. The Morgan fingerprint density at radius 3 is 2.95 bits per heavy atom. The van der Waals surface area contributed by atoms with Crippen molar-refractivity contribution in [3.8, 4) is 0 Å². The summed E-state index contributed by atoms with van der Waals surface area (Å²) in [5.74, 6) is 0.493. The van der Waals surface area contributed by atoms with Crippen LogP contribution in [0.5, 0.6) is 0 Å². The van der Waals surface area contributed by atoms with E-state index >= 15 is 0 Å². The molecule has 0 bridgehead atoms. The molecular weight excluding hydrogens is 272 g/mol. The molecule has 0 radical (unpaired) electrons. The van der Waals surface area contributed by atoms with Crippen molar-refractivity contribution in [1.29, 1.82) is 0 Å². The predicted octanol–water partition coefficient (Wildman–Crippen LogP) is 2.89. The van der Waals surface area contributed by atoms with E-state index in [1.807, 2.05) is 22.2 Å². The van der Waals surface area contributed by atoms with Crippen LogP contribution in [-0.2, 0) is 11.2 Å². The zero-order chi connectivity index (χ0) is 13.9. The van der Waals surface area contributed by atoms with Gasteiger partial charge in [0.25, 0.3) is 0 Å². The van der Waals surface area contributed by atoms with Gasteiger partial charge in [-0.15, -0.1) is 11.3 Å². The fourth-order valence-electron chi connectivity index (χ4n) is 3.33. The Kier molecular flexibility index (Phi) is 4.38. The fraction of sp³-hybridized carbons (Fsp3) is 0.667. The lowest BCUT2D eigenvalue weighted by atomic mass is 9.82. The number of aromatic nitrogens is 2. The number of methoxy groups -OCH3 is 1. The molecule has 0 spiro atoms. The molecule has 4 nitrogen and oxygen atoms in total. The monoisotopic (exact) mass is 294 g/mol. The van der Waals surface area contributed by atoms with Gasteiger partial charge in [-0.25, -0.2) is 4.98 Å². The van der Waals surface area contributed by atoms with Gasteiger partial charge in [0.05, 0.1) is 17.9 Å². The SMILES string of the molecule is COC(C(O)Cc1cn2ccsc2n1)C1CCCCC1. The number of thiazole rings is 1. The summed E-state index contributed by atoms with van der Waals surface area (Å²) in [5, 5.41) is 12.5. The zero-order valence-electron chi connectivity index (χ0n) is 11.9. The highest BCUT2D eigenvalue weighted by Gasteiger charge is 2.30. The summed E-state index contributed by atoms with van der Waals surface area (Å²) < 4.78 is 7.61. The molecule has 0 aliphatic heterocycles. The smallest absolute Gasteiger partial charge is 0.193 e. The molecule has 2 atom stereocenters. The van der Waals surface area contributed by atoms with Gasteiger partial charge in [-0.2, -0.15) is 0 Å². The number of fused-ring (bicyclic) bond motifs is 1. The number of aliphatic hydroxyl groups is 1. The minimum atomic E-state index is -0.465. The standard InChI is InChI=1S/C15H22N2O2S/c1-19-14(11-5-3-2-4-6-11)13(18)9-12-10-17-7-8-20-15(17)16-12/h7-8,10-11,13-14,18H,2-6,9H2,1H3. The molecule has 0 saturated heterocycles. The maximum Gasteiger partial charge on any atom is 0.193 e. The van der Waals surface area contributed by atoms with Gasteiger partial charge < -0.3 is 9.84 Å². The average molecular weight is 294 g/mol. The van der Waals surface area contributed by atoms with E-state index in [2.05, 4.69) is 4.98 Å². The average Bonchev–Trinajstić information content (AvgIpc) is 3.01. The fourth-order valence-corrected chi connectivity index (χ4v) is 4.05. The first kappa shape index (κ1) is 14.0. The van der Waals surface area contributed by atoms with Crippen molar-refractivity contribution >= 4 is 16.3 Å². The molecule has 2 aromatic heterocycles. The molecule has 5 heteroatoms. The molecule has 110 valence electrons. The number of imidazole rings is 1. The Bertz CT molecular complexity index is 516. The van der Waals surface area contributed by atoms with Crippen LogP contribution in [-0.4, -0.2) is 33.8 Å². The third-order valence-corrected chi connectivity index (χ3v) is 5.10. The van der Waals surface area contributed by atoms with Gasteiger partial charge >= 0.3 is 0 Å². The minimum Gasteiger partial charge on any atom is -0.390 e. The Morgan fingerprint density at radius 1 is 1.45 bits per heavy atom. The van der Waals surface area contributed by atoms with Crippen molar-refractivity contribution < 1.29 is 9.84 Å². The summed E-state index contributed by atoms with van der Waals surface area (Å²) in [7, 11) is 1.72. The summed E-state index contributed by atoms with van der Waals surface area (Å²) in [6, 6.07) is 0. The second-order valence-electron chi connectivity index (χ2n) is 5.69. The van der Waals surface area contributed by atoms with E-state index in [9.17, 15) is 5.11 Å². The van der Waals surface area contributed by atoms with Gasteiger partial charge in [0.15, 0.2) is 4.96 Å². The number of hydrogen-bond donors (Lipinski definition) is 1. The summed E-state index contributed by atoms with van der Waals surface area (Å²) in [6.45, 7) is 0. The van der Waals surface area contributed by atoms with Crippen LogP contribution in [0.2, 0.25) is 0 Å². The van der Waals surface area contributed by atoms with Crippen LogP contribution in [0.3, 0.4) is 0 Å². The molecule has 3 rings (SSSR count). The molecule has 1 N–H and O–H groups in total. The molecule has 20 heavy (non-hydrogen) atoms. The van der Waals surface area contributed by atoms with Crippen LogP contribution in [0.15, 0.2) is 17.8 Å². The Balaban J connectivity index is 1.66. The highest BCUT2D eigenvalue weighted by atomic mass is 32.1. The largest absolute Gasteiger partial charge is 0.390 e. The van der Waals surface area contributed by atoms with Crippen molar-refractivity contribution in [3.05, 3.63) is 23.5 Å². The highest BCUT2D eigenvalue weighted by molar-refractivity contribution is 7.15. The first-order chi connectivity index (χ1) is 9.78. The molecule has 2 aromatic rings. The van der Waals surface area contributed by atoms with Crippen LogP contribution in [0.4, 0.5) is 0 Å². The quantitative estimate of drug-likeness (QED) is 0.922.